The maximum absolute atomic E-state index is 12.2. The maximum Gasteiger partial charge on any atom is 0.329 e. The first-order chi connectivity index (χ1) is 10.6. The first-order valence-corrected chi connectivity index (χ1v) is 6.95. The predicted molar refractivity (Wildman–Crippen MR) is 80.1 cm³/mol. The molecule has 0 saturated carbocycles. The topological polar surface area (TPSA) is 110 Å². The third-order valence-electron chi connectivity index (χ3n) is 3.57. The fourth-order valence-corrected chi connectivity index (χ4v) is 2.36. The molecule has 2 N–H and O–H groups in total. The molecule has 3 heterocycles. The van der Waals surface area contributed by atoms with Gasteiger partial charge in [-0.25, -0.2) is 24.7 Å². The van der Waals surface area contributed by atoms with Crippen LogP contribution in [0.25, 0.3) is 22.6 Å². The van der Waals surface area contributed by atoms with Crippen LogP contribution in [0.2, 0.25) is 0 Å². The van der Waals surface area contributed by atoms with Crippen LogP contribution in [0, 0.1) is 5.92 Å². The monoisotopic (exact) mass is 300 g/mol. The summed E-state index contributed by atoms with van der Waals surface area (Å²) in [6.45, 7) is 3.73. The molecule has 0 saturated heterocycles. The third kappa shape index (κ3) is 2.37. The molecule has 0 fully saturated rings. The summed E-state index contributed by atoms with van der Waals surface area (Å²) < 4.78 is 1.46. The Bertz CT molecular complexity index is 839. The van der Waals surface area contributed by atoms with Gasteiger partial charge in [0, 0.05) is 18.0 Å². The molecule has 0 radical (unpaired) electrons. The summed E-state index contributed by atoms with van der Waals surface area (Å²) in [5, 5.41) is 9.60. The van der Waals surface area contributed by atoms with E-state index >= 15 is 0 Å². The molecule has 3 aromatic rings. The molecule has 0 aromatic carbocycles. The standard InChI is InChI=1S/C14H16N6O2/c1-8(2)11(6-21)20-13-12(19-14(20)22)17-5-10(18-13)9-3-15-7-16-4-9/h3-5,7-8,11,21H,6H2,1-2H3,(H,17,19,22)/t11-/m0/s1. The highest BCUT2D eigenvalue weighted by atomic mass is 16.3. The molecule has 0 aliphatic heterocycles. The molecule has 114 valence electrons. The second-order valence-corrected chi connectivity index (χ2v) is 5.35. The number of aromatic amines is 1. The van der Waals surface area contributed by atoms with E-state index in [1.807, 2.05) is 13.8 Å². The number of hydrogen-bond acceptors (Lipinski definition) is 6. The summed E-state index contributed by atoms with van der Waals surface area (Å²) in [5.41, 5.74) is 1.76. The lowest BCUT2D eigenvalue weighted by atomic mass is 10.1. The molecular weight excluding hydrogens is 284 g/mol. The number of rotatable bonds is 4. The van der Waals surface area contributed by atoms with E-state index in [1.54, 1.807) is 18.6 Å². The van der Waals surface area contributed by atoms with Gasteiger partial charge in [0.05, 0.1) is 24.5 Å². The van der Waals surface area contributed by atoms with Crippen LogP contribution >= 0.6 is 0 Å². The first-order valence-electron chi connectivity index (χ1n) is 6.95. The zero-order valence-electron chi connectivity index (χ0n) is 12.3. The van der Waals surface area contributed by atoms with Crippen LogP contribution in [0.5, 0.6) is 0 Å². The van der Waals surface area contributed by atoms with Gasteiger partial charge in [0.15, 0.2) is 11.3 Å². The van der Waals surface area contributed by atoms with Gasteiger partial charge in [0.1, 0.15) is 6.33 Å². The molecule has 3 rings (SSSR count). The van der Waals surface area contributed by atoms with E-state index in [9.17, 15) is 9.90 Å². The van der Waals surface area contributed by atoms with Crippen LogP contribution < -0.4 is 5.69 Å². The third-order valence-corrected chi connectivity index (χ3v) is 3.57. The number of H-pyrrole nitrogens is 1. The van der Waals surface area contributed by atoms with Crippen molar-refractivity contribution in [2.24, 2.45) is 5.92 Å². The first kappa shape index (κ1) is 14.3. The van der Waals surface area contributed by atoms with Crippen molar-refractivity contribution in [1.82, 2.24) is 29.5 Å². The van der Waals surface area contributed by atoms with Crippen LogP contribution in [0.15, 0.2) is 29.7 Å². The lowest BCUT2D eigenvalue weighted by molar-refractivity contribution is 0.193. The van der Waals surface area contributed by atoms with Crippen molar-refractivity contribution < 1.29 is 5.11 Å². The Morgan fingerprint density at radius 2 is 2.00 bits per heavy atom. The van der Waals surface area contributed by atoms with Crippen molar-refractivity contribution >= 4 is 11.3 Å². The minimum absolute atomic E-state index is 0.0761. The second-order valence-electron chi connectivity index (χ2n) is 5.35. The SMILES string of the molecule is CC(C)[C@H](CO)n1c(=O)[nH]c2ncc(-c3cncnc3)nc21. The normalized spacial score (nSPS) is 12.9. The summed E-state index contributed by atoms with van der Waals surface area (Å²) >= 11 is 0. The van der Waals surface area contributed by atoms with Crippen LogP contribution in [0.3, 0.4) is 0 Å². The summed E-state index contributed by atoms with van der Waals surface area (Å²) in [4.78, 5) is 31.5. The summed E-state index contributed by atoms with van der Waals surface area (Å²) in [6.07, 6.45) is 6.25. The van der Waals surface area contributed by atoms with Gasteiger partial charge in [0.25, 0.3) is 0 Å². The quantitative estimate of drug-likeness (QED) is 0.736. The zero-order valence-corrected chi connectivity index (χ0v) is 12.3. The van der Waals surface area contributed by atoms with E-state index in [0.29, 0.717) is 22.6 Å². The van der Waals surface area contributed by atoms with E-state index in [-0.39, 0.29) is 24.3 Å². The Morgan fingerprint density at radius 1 is 1.27 bits per heavy atom. The predicted octanol–water partition coefficient (Wildman–Crippen LogP) is 0.766. The number of fused-ring (bicyclic) bond motifs is 1. The van der Waals surface area contributed by atoms with Crippen LogP contribution in [-0.4, -0.2) is 41.2 Å². The van der Waals surface area contributed by atoms with Crippen molar-refractivity contribution in [1.29, 1.82) is 0 Å². The van der Waals surface area contributed by atoms with E-state index in [2.05, 4.69) is 24.9 Å². The van der Waals surface area contributed by atoms with Gasteiger partial charge in [0.2, 0.25) is 0 Å². The van der Waals surface area contributed by atoms with Gasteiger partial charge < -0.3 is 5.11 Å². The van der Waals surface area contributed by atoms with Crippen molar-refractivity contribution in [3.63, 3.8) is 0 Å². The van der Waals surface area contributed by atoms with Crippen molar-refractivity contribution in [2.45, 2.75) is 19.9 Å². The Kier molecular flexibility index (Phi) is 3.68. The molecule has 0 aliphatic rings. The van der Waals surface area contributed by atoms with Crippen molar-refractivity contribution in [3.05, 3.63) is 35.4 Å². The van der Waals surface area contributed by atoms with Crippen LogP contribution in [0.1, 0.15) is 19.9 Å². The number of aliphatic hydroxyl groups is 1. The van der Waals surface area contributed by atoms with Crippen molar-refractivity contribution in [2.75, 3.05) is 6.61 Å². The molecule has 22 heavy (non-hydrogen) atoms. The molecular formula is C14H16N6O2. The van der Waals surface area contributed by atoms with Crippen molar-refractivity contribution in [3.8, 4) is 11.3 Å². The lowest BCUT2D eigenvalue weighted by Gasteiger charge is -2.19. The fraction of sp³-hybridized carbons (Fsp3) is 0.357. The van der Waals surface area contributed by atoms with Gasteiger partial charge in [-0.3, -0.25) is 9.55 Å². The van der Waals surface area contributed by atoms with Gasteiger partial charge in [-0.2, -0.15) is 0 Å². The van der Waals surface area contributed by atoms with Crippen LogP contribution in [0.4, 0.5) is 0 Å². The number of aromatic nitrogens is 6. The number of aliphatic hydroxyl groups excluding tert-OH is 1. The van der Waals surface area contributed by atoms with Gasteiger partial charge in [-0.15, -0.1) is 0 Å². The summed E-state index contributed by atoms with van der Waals surface area (Å²) in [5.74, 6) is 0.0761. The lowest BCUT2D eigenvalue weighted by Crippen LogP contribution is -2.28. The Hall–Kier alpha value is -2.61. The Labute approximate surface area is 125 Å². The summed E-state index contributed by atoms with van der Waals surface area (Å²) in [7, 11) is 0. The highest BCUT2D eigenvalue weighted by Gasteiger charge is 2.21. The Balaban J connectivity index is 2.21. The largest absolute Gasteiger partial charge is 0.394 e. The summed E-state index contributed by atoms with van der Waals surface area (Å²) in [6, 6.07) is -0.363. The van der Waals surface area contributed by atoms with Crippen LogP contribution in [-0.2, 0) is 0 Å². The van der Waals surface area contributed by atoms with Gasteiger partial charge >= 0.3 is 5.69 Å². The van der Waals surface area contributed by atoms with Gasteiger partial charge in [-0.1, -0.05) is 13.8 Å². The minimum atomic E-state index is -0.363. The molecule has 0 aliphatic carbocycles. The molecule has 0 spiro atoms. The molecule has 0 amide bonds. The van der Waals surface area contributed by atoms with E-state index < -0.39 is 0 Å². The average Bonchev–Trinajstić information content (AvgIpc) is 2.84. The number of nitrogens with zero attached hydrogens (tertiary/aromatic N) is 5. The zero-order chi connectivity index (χ0) is 15.7. The minimum Gasteiger partial charge on any atom is -0.394 e. The Morgan fingerprint density at radius 3 is 2.64 bits per heavy atom. The molecule has 3 aromatic heterocycles. The maximum atomic E-state index is 12.2. The smallest absolute Gasteiger partial charge is 0.329 e. The number of nitrogens with one attached hydrogen (secondary N) is 1. The number of hydrogen-bond donors (Lipinski definition) is 2. The molecule has 1 atom stereocenters. The van der Waals surface area contributed by atoms with Gasteiger partial charge in [-0.05, 0) is 5.92 Å². The van der Waals surface area contributed by atoms with E-state index in [1.165, 1.54) is 10.9 Å². The number of imidazole rings is 1. The van der Waals surface area contributed by atoms with E-state index in [4.69, 9.17) is 0 Å². The highest BCUT2D eigenvalue weighted by Crippen LogP contribution is 2.21. The second kappa shape index (κ2) is 5.64. The average molecular weight is 300 g/mol. The fourth-order valence-electron chi connectivity index (χ4n) is 2.36. The molecule has 8 nitrogen and oxygen atoms in total. The highest BCUT2D eigenvalue weighted by molar-refractivity contribution is 5.70. The molecule has 0 unspecified atom stereocenters. The molecule has 0 bridgehead atoms. The molecule has 8 heteroatoms. The van der Waals surface area contributed by atoms with E-state index in [0.717, 1.165) is 0 Å².